The Morgan fingerprint density at radius 1 is 0.293 bits per heavy atom. The summed E-state index contributed by atoms with van der Waals surface area (Å²) in [5.41, 5.74) is 0. The minimum Gasteiger partial charge on any atom is -0.466 e. The summed E-state index contributed by atoms with van der Waals surface area (Å²) in [6.45, 7) is 5.00. The van der Waals surface area contributed by atoms with Crippen molar-refractivity contribution in [2.45, 2.75) is 463 Å². The van der Waals surface area contributed by atoms with Gasteiger partial charge in [-0.15, -0.1) is 0 Å². The quantitative estimate of drug-likeness (QED) is 0.0417. The number of carbonyl (C=O) groups is 2. The van der Waals surface area contributed by atoms with E-state index in [9.17, 15) is 19.8 Å². The van der Waals surface area contributed by atoms with E-state index in [1.165, 1.54) is 379 Å². The minimum absolute atomic E-state index is 0.0252. The van der Waals surface area contributed by atoms with Crippen LogP contribution in [0.1, 0.15) is 450 Å². The van der Waals surface area contributed by atoms with Gasteiger partial charge >= 0.3 is 5.97 Å². The predicted molar refractivity (Wildman–Crippen MR) is 361 cm³/mol. The molecule has 0 aromatic carbocycles. The van der Waals surface area contributed by atoms with Crippen molar-refractivity contribution in [3.8, 4) is 0 Å². The summed E-state index contributed by atoms with van der Waals surface area (Å²) in [6, 6.07) is -0.535. The molecule has 2 unspecified atom stereocenters. The van der Waals surface area contributed by atoms with Gasteiger partial charge in [0.1, 0.15) is 0 Å². The number of amides is 1. The molecule has 2 atom stereocenters. The van der Waals surface area contributed by atoms with E-state index in [4.69, 9.17) is 4.74 Å². The molecule has 6 nitrogen and oxygen atoms in total. The van der Waals surface area contributed by atoms with Crippen molar-refractivity contribution in [3.05, 3.63) is 0 Å². The Hall–Kier alpha value is -1.14. The Morgan fingerprint density at radius 2 is 0.500 bits per heavy atom. The van der Waals surface area contributed by atoms with Gasteiger partial charge in [-0.1, -0.05) is 412 Å². The third-order valence-electron chi connectivity index (χ3n) is 18.4. The number of esters is 1. The van der Waals surface area contributed by atoms with Crippen molar-refractivity contribution in [2.75, 3.05) is 13.2 Å². The number of rotatable bonds is 73. The number of ether oxygens (including phenoxy) is 1. The molecule has 0 aliphatic rings. The highest BCUT2D eigenvalue weighted by molar-refractivity contribution is 5.76. The summed E-state index contributed by atoms with van der Waals surface area (Å²) >= 11 is 0. The first kappa shape index (κ1) is 80.9. The van der Waals surface area contributed by atoms with Gasteiger partial charge in [-0.2, -0.15) is 0 Å². The molecule has 0 bridgehead atoms. The lowest BCUT2D eigenvalue weighted by molar-refractivity contribution is -0.143. The predicted octanol–water partition coefficient (Wildman–Crippen LogP) is 24.9. The average molecular weight is 1160 g/mol. The number of hydrogen-bond acceptors (Lipinski definition) is 5. The highest BCUT2D eigenvalue weighted by Gasteiger charge is 2.20. The maximum atomic E-state index is 12.5. The van der Waals surface area contributed by atoms with Crippen LogP contribution < -0.4 is 5.32 Å². The first-order valence-corrected chi connectivity index (χ1v) is 38.3. The topological polar surface area (TPSA) is 95.9 Å². The van der Waals surface area contributed by atoms with Crippen LogP contribution in [0.15, 0.2) is 0 Å². The molecule has 0 aliphatic heterocycles. The molecule has 3 N–H and O–H groups in total. The Balaban J connectivity index is 3.27. The molecule has 6 heteroatoms. The van der Waals surface area contributed by atoms with Gasteiger partial charge in [0.15, 0.2) is 0 Å². The van der Waals surface area contributed by atoms with E-state index in [-0.39, 0.29) is 18.5 Å². The summed E-state index contributed by atoms with van der Waals surface area (Å²) < 4.78 is 5.49. The van der Waals surface area contributed by atoms with Crippen LogP contribution in [-0.2, 0) is 14.3 Å². The second kappa shape index (κ2) is 72.3. The third-order valence-corrected chi connectivity index (χ3v) is 18.4. The Labute approximate surface area is 515 Å². The minimum atomic E-state index is -0.658. The highest BCUT2D eigenvalue weighted by atomic mass is 16.5. The molecule has 0 saturated carbocycles. The molecular weight excluding hydrogens is 1010 g/mol. The van der Waals surface area contributed by atoms with E-state index in [1.807, 2.05) is 0 Å². The van der Waals surface area contributed by atoms with Crippen LogP contribution in [0.25, 0.3) is 0 Å². The molecular formula is C76H151NO5. The fraction of sp³-hybridized carbons (Fsp3) is 0.974. The smallest absolute Gasteiger partial charge is 0.305 e. The molecule has 490 valence electrons. The van der Waals surface area contributed by atoms with Crippen LogP contribution in [0, 0.1) is 0 Å². The number of carbonyl (C=O) groups excluding carboxylic acids is 2. The summed E-state index contributed by atoms with van der Waals surface area (Å²) in [7, 11) is 0. The number of aliphatic hydroxyl groups excluding tert-OH is 2. The van der Waals surface area contributed by atoms with Gasteiger partial charge in [-0.3, -0.25) is 9.59 Å². The van der Waals surface area contributed by atoms with Crippen molar-refractivity contribution in [2.24, 2.45) is 0 Å². The number of nitrogens with one attached hydrogen (secondary N) is 1. The normalized spacial score (nSPS) is 12.4. The molecule has 0 aliphatic carbocycles. The van der Waals surface area contributed by atoms with Gasteiger partial charge in [0, 0.05) is 12.8 Å². The number of aliphatic hydroxyl groups is 2. The third kappa shape index (κ3) is 68.0. The molecule has 82 heavy (non-hydrogen) atoms. The molecule has 0 saturated heterocycles. The first-order valence-electron chi connectivity index (χ1n) is 38.3. The van der Waals surface area contributed by atoms with Crippen molar-refractivity contribution in [1.82, 2.24) is 5.32 Å². The second-order valence-electron chi connectivity index (χ2n) is 26.7. The fourth-order valence-electron chi connectivity index (χ4n) is 12.6. The van der Waals surface area contributed by atoms with Crippen LogP contribution in [0.4, 0.5) is 0 Å². The van der Waals surface area contributed by atoms with Crippen molar-refractivity contribution in [3.63, 3.8) is 0 Å². The molecule has 0 rings (SSSR count). The van der Waals surface area contributed by atoms with Crippen molar-refractivity contribution >= 4 is 11.9 Å². The summed E-state index contributed by atoms with van der Waals surface area (Å²) in [6.07, 6.45) is 89.2. The van der Waals surface area contributed by atoms with Crippen molar-refractivity contribution < 1.29 is 24.5 Å². The molecule has 0 spiro atoms. The zero-order valence-electron chi connectivity index (χ0n) is 56.3. The molecule has 0 fully saturated rings. The van der Waals surface area contributed by atoms with Gasteiger partial charge in [0.2, 0.25) is 5.91 Å². The SMILES string of the molecule is CCCCCCCCCCCCCCCCC(O)C(CO)NC(=O)CCCCCCCCCCCCCCCCCCCCCCCCCCCCCCCCCCCCCCCCCOC(=O)CCCCCCCCCCCCCC. The largest absolute Gasteiger partial charge is 0.466 e. The monoisotopic (exact) mass is 1160 g/mol. The average Bonchev–Trinajstić information content (AvgIpc) is 3.48. The maximum Gasteiger partial charge on any atom is 0.305 e. The van der Waals surface area contributed by atoms with Crippen LogP contribution >= 0.6 is 0 Å². The van der Waals surface area contributed by atoms with E-state index < -0.39 is 12.1 Å². The van der Waals surface area contributed by atoms with Crippen LogP contribution in [-0.4, -0.2) is 47.4 Å². The summed E-state index contributed by atoms with van der Waals surface area (Å²) in [5, 5.41) is 23.3. The second-order valence-corrected chi connectivity index (χ2v) is 26.7. The van der Waals surface area contributed by atoms with Crippen LogP contribution in [0.2, 0.25) is 0 Å². The lowest BCUT2D eigenvalue weighted by atomic mass is 10.0. The summed E-state index contributed by atoms with van der Waals surface area (Å²) in [5.74, 6) is 0.000663. The van der Waals surface area contributed by atoms with E-state index in [2.05, 4.69) is 19.2 Å². The van der Waals surface area contributed by atoms with Gasteiger partial charge < -0.3 is 20.3 Å². The highest BCUT2D eigenvalue weighted by Crippen LogP contribution is 2.20. The molecule has 0 aromatic heterocycles. The van der Waals surface area contributed by atoms with Crippen LogP contribution in [0.5, 0.6) is 0 Å². The van der Waals surface area contributed by atoms with Gasteiger partial charge in [-0.25, -0.2) is 0 Å². The fourth-order valence-corrected chi connectivity index (χ4v) is 12.6. The van der Waals surface area contributed by atoms with Gasteiger partial charge in [0.05, 0.1) is 25.4 Å². The van der Waals surface area contributed by atoms with E-state index in [0.717, 1.165) is 38.5 Å². The number of unbranched alkanes of at least 4 members (excludes halogenated alkanes) is 62. The Kier molecular flexibility index (Phi) is 71.3. The maximum absolute atomic E-state index is 12.5. The number of hydrogen-bond donors (Lipinski definition) is 3. The molecule has 0 aromatic rings. The zero-order valence-corrected chi connectivity index (χ0v) is 56.3. The molecule has 0 radical (unpaired) electrons. The Morgan fingerprint density at radius 3 is 0.744 bits per heavy atom. The first-order chi connectivity index (χ1) is 40.5. The lowest BCUT2D eigenvalue weighted by Gasteiger charge is -2.22. The van der Waals surface area contributed by atoms with Gasteiger partial charge in [-0.05, 0) is 25.7 Å². The standard InChI is InChI=1S/C76H151NO5/c1-3-5-7-9-11-13-15-17-45-48-52-56-60-64-68-74(79)73(72-78)77-75(80)69-65-61-57-53-49-46-43-41-39-37-35-33-31-29-27-25-23-21-19-18-20-22-24-26-28-30-32-34-36-38-40-42-44-47-51-55-59-63-67-71-82-76(81)70-66-62-58-54-50-16-14-12-10-8-6-4-2/h73-74,78-79H,3-72H2,1-2H3,(H,77,80). The van der Waals surface area contributed by atoms with Gasteiger partial charge in [0.25, 0.3) is 0 Å². The van der Waals surface area contributed by atoms with E-state index in [1.54, 1.807) is 0 Å². The lowest BCUT2D eigenvalue weighted by Crippen LogP contribution is -2.45. The van der Waals surface area contributed by atoms with E-state index >= 15 is 0 Å². The Bertz CT molecular complexity index is 1200. The molecule has 0 heterocycles. The molecule has 1 amide bonds. The van der Waals surface area contributed by atoms with Crippen LogP contribution in [0.3, 0.4) is 0 Å². The zero-order chi connectivity index (χ0) is 59.2. The van der Waals surface area contributed by atoms with Crippen molar-refractivity contribution in [1.29, 1.82) is 0 Å². The summed E-state index contributed by atoms with van der Waals surface area (Å²) in [4.78, 5) is 24.5. The van der Waals surface area contributed by atoms with E-state index in [0.29, 0.717) is 25.9 Å².